The third-order valence-corrected chi connectivity index (χ3v) is 6.82. The van der Waals surface area contributed by atoms with Crippen molar-refractivity contribution in [1.82, 2.24) is 20.5 Å². The Kier molecular flexibility index (Phi) is 8.15. The summed E-state index contributed by atoms with van der Waals surface area (Å²) in [5.41, 5.74) is 1.15. The molecule has 7 nitrogen and oxygen atoms in total. The number of aliphatic imine (C=N–C) groups is 1. The van der Waals surface area contributed by atoms with Crippen molar-refractivity contribution in [2.75, 3.05) is 57.4 Å². The van der Waals surface area contributed by atoms with Crippen molar-refractivity contribution >= 4 is 23.1 Å². The van der Waals surface area contributed by atoms with E-state index >= 15 is 0 Å². The highest BCUT2D eigenvalue weighted by atomic mass is 32.1. The van der Waals surface area contributed by atoms with E-state index in [0.717, 1.165) is 56.7 Å². The maximum Gasteiger partial charge on any atom is 0.191 e. The van der Waals surface area contributed by atoms with Gasteiger partial charge in [0.1, 0.15) is 5.82 Å². The van der Waals surface area contributed by atoms with E-state index in [-0.39, 0.29) is 0 Å². The van der Waals surface area contributed by atoms with Crippen LogP contribution in [0.3, 0.4) is 0 Å². The van der Waals surface area contributed by atoms with Crippen LogP contribution in [0, 0.1) is 0 Å². The molecular formula is C23H34N6OS. The van der Waals surface area contributed by atoms with Crippen LogP contribution in [0.2, 0.25) is 0 Å². The average molecular weight is 443 g/mol. The van der Waals surface area contributed by atoms with Crippen LogP contribution >= 0.6 is 11.3 Å². The van der Waals surface area contributed by atoms with Crippen LogP contribution in [-0.2, 0) is 11.3 Å². The minimum absolute atomic E-state index is 0.397. The molecule has 2 fully saturated rings. The summed E-state index contributed by atoms with van der Waals surface area (Å²) in [6, 6.07) is 8.93. The maximum atomic E-state index is 5.50. The third-order valence-electron chi connectivity index (χ3n) is 5.85. The van der Waals surface area contributed by atoms with Crippen molar-refractivity contribution in [2.45, 2.75) is 32.4 Å². The van der Waals surface area contributed by atoms with Crippen molar-refractivity contribution in [3.05, 3.63) is 46.3 Å². The number of aromatic nitrogens is 1. The zero-order valence-electron chi connectivity index (χ0n) is 18.4. The molecule has 0 bridgehead atoms. The molecule has 0 amide bonds. The van der Waals surface area contributed by atoms with Gasteiger partial charge in [0.05, 0.1) is 25.8 Å². The monoisotopic (exact) mass is 442 g/mol. The molecule has 0 spiro atoms. The zero-order chi connectivity index (χ0) is 21.3. The van der Waals surface area contributed by atoms with Gasteiger partial charge >= 0.3 is 0 Å². The van der Waals surface area contributed by atoms with E-state index in [4.69, 9.17) is 9.73 Å². The van der Waals surface area contributed by atoms with Gasteiger partial charge in [-0.1, -0.05) is 12.1 Å². The molecule has 2 saturated heterocycles. The first-order chi connectivity index (χ1) is 15.3. The van der Waals surface area contributed by atoms with Crippen LogP contribution in [0.15, 0.2) is 40.8 Å². The Morgan fingerprint density at radius 3 is 2.74 bits per heavy atom. The van der Waals surface area contributed by atoms with Gasteiger partial charge in [-0.2, -0.15) is 0 Å². The Hall–Kier alpha value is -2.16. The molecule has 2 aromatic rings. The second-order valence-electron chi connectivity index (χ2n) is 7.94. The molecule has 2 N–H and O–H groups in total. The van der Waals surface area contributed by atoms with Gasteiger partial charge in [0.15, 0.2) is 5.96 Å². The molecule has 0 aromatic carbocycles. The molecule has 1 unspecified atom stereocenters. The summed E-state index contributed by atoms with van der Waals surface area (Å²) in [4.78, 5) is 15.9. The van der Waals surface area contributed by atoms with Gasteiger partial charge in [0.25, 0.3) is 0 Å². The Bertz CT molecular complexity index is 815. The predicted octanol–water partition coefficient (Wildman–Crippen LogP) is 2.87. The molecule has 0 aliphatic carbocycles. The lowest BCUT2D eigenvalue weighted by Gasteiger charge is -2.29. The summed E-state index contributed by atoms with van der Waals surface area (Å²) in [6.45, 7) is 10.0. The van der Waals surface area contributed by atoms with E-state index in [0.29, 0.717) is 12.6 Å². The van der Waals surface area contributed by atoms with E-state index in [9.17, 15) is 0 Å². The fourth-order valence-corrected chi connectivity index (χ4v) is 5.12. The Labute approximate surface area is 189 Å². The van der Waals surface area contributed by atoms with Gasteiger partial charge in [-0.15, -0.1) is 11.3 Å². The number of nitrogens with zero attached hydrogens (tertiary/aromatic N) is 4. The number of likely N-dealkylation sites (tertiary alicyclic amines) is 1. The molecule has 4 rings (SSSR count). The highest BCUT2D eigenvalue weighted by Gasteiger charge is 2.24. The first-order valence-corrected chi connectivity index (χ1v) is 12.3. The third kappa shape index (κ3) is 5.96. The van der Waals surface area contributed by atoms with Crippen LogP contribution in [0.5, 0.6) is 0 Å². The molecule has 2 aromatic heterocycles. The molecule has 4 heterocycles. The van der Waals surface area contributed by atoms with Crippen LogP contribution in [0.4, 0.5) is 5.82 Å². The Morgan fingerprint density at radius 2 is 2.00 bits per heavy atom. The van der Waals surface area contributed by atoms with Gasteiger partial charge in [0.2, 0.25) is 0 Å². The van der Waals surface area contributed by atoms with Crippen molar-refractivity contribution < 1.29 is 4.74 Å². The lowest BCUT2D eigenvalue weighted by molar-refractivity contribution is 0.122. The number of nitrogens with one attached hydrogen (secondary N) is 2. The molecule has 2 aliphatic heterocycles. The van der Waals surface area contributed by atoms with E-state index in [2.05, 4.69) is 55.9 Å². The smallest absolute Gasteiger partial charge is 0.191 e. The molecular weight excluding hydrogens is 408 g/mol. The van der Waals surface area contributed by atoms with Gasteiger partial charge in [0, 0.05) is 42.8 Å². The molecule has 168 valence electrons. The first kappa shape index (κ1) is 22.0. The first-order valence-electron chi connectivity index (χ1n) is 11.4. The minimum Gasteiger partial charge on any atom is -0.378 e. The fraction of sp³-hybridized carbons (Fsp3) is 0.565. The normalized spacial score (nSPS) is 18.9. The number of anilines is 1. The number of hydrogen-bond acceptors (Lipinski definition) is 6. The van der Waals surface area contributed by atoms with Crippen molar-refractivity contribution in [2.24, 2.45) is 4.99 Å². The lowest BCUT2D eigenvalue weighted by Crippen LogP contribution is -2.42. The van der Waals surface area contributed by atoms with Crippen molar-refractivity contribution in [3.8, 4) is 0 Å². The Balaban J connectivity index is 1.44. The second kappa shape index (κ2) is 11.5. The summed E-state index contributed by atoms with van der Waals surface area (Å²) in [6.07, 6.45) is 4.45. The number of thiophene rings is 1. The maximum absolute atomic E-state index is 5.50. The van der Waals surface area contributed by atoms with Gasteiger partial charge in [-0.3, -0.25) is 4.90 Å². The quantitative estimate of drug-likeness (QED) is 0.484. The number of guanidine groups is 1. The molecule has 2 aliphatic rings. The lowest BCUT2D eigenvalue weighted by atomic mass is 10.2. The van der Waals surface area contributed by atoms with Crippen LogP contribution in [0.25, 0.3) is 0 Å². The van der Waals surface area contributed by atoms with Gasteiger partial charge in [-0.05, 0) is 50.4 Å². The summed E-state index contributed by atoms with van der Waals surface area (Å²) in [5, 5.41) is 9.19. The summed E-state index contributed by atoms with van der Waals surface area (Å²) in [5.74, 6) is 1.89. The van der Waals surface area contributed by atoms with E-state index in [1.807, 2.05) is 23.6 Å². The van der Waals surface area contributed by atoms with Crippen molar-refractivity contribution in [1.29, 1.82) is 0 Å². The van der Waals surface area contributed by atoms with E-state index in [1.165, 1.54) is 30.8 Å². The number of pyridine rings is 1. The largest absolute Gasteiger partial charge is 0.378 e. The van der Waals surface area contributed by atoms with Crippen molar-refractivity contribution in [3.63, 3.8) is 0 Å². The number of hydrogen-bond donors (Lipinski definition) is 2. The SMILES string of the molecule is CCNC(=NCc1cccnc1N1CCOCC1)NCC(c1cccs1)N1CCCC1. The molecule has 1 atom stereocenters. The number of morpholine rings is 1. The summed E-state index contributed by atoms with van der Waals surface area (Å²) >= 11 is 1.84. The molecule has 0 saturated carbocycles. The van der Waals surface area contributed by atoms with Crippen LogP contribution in [0.1, 0.15) is 36.2 Å². The average Bonchev–Trinajstić information content (AvgIpc) is 3.54. The number of rotatable bonds is 8. The Morgan fingerprint density at radius 1 is 1.16 bits per heavy atom. The topological polar surface area (TPSA) is 65.0 Å². The number of ether oxygens (including phenoxy) is 1. The molecule has 0 radical (unpaired) electrons. The summed E-state index contributed by atoms with van der Waals surface area (Å²) in [7, 11) is 0. The van der Waals surface area contributed by atoms with E-state index in [1.54, 1.807) is 0 Å². The predicted molar refractivity (Wildman–Crippen MR) is 128 cm³/mol. The highest BCUT2D eigenvalue weighted by molar-refractivity contribution is 7.10. The fourth-order valence-electron chi connectivity index (χ4n) is 4.26. The van der Waals surface area contributed by atoms with Gasteiger partial charge in [-0.25, -0.2) is 9.98 Å². The summed E-state index contributed by atoms with van der Waals surface area (Å²) < 4.78 is 5.50. The second-order valence-corrected chi connectivity index (χ2v) is 8.92. The zero-order valence-corrected chi connectivity index (χ0v) is 19.2. The van der Waals surface area contributed by atoms with E-state index < -0.39 is 0 Å². The standard InChI is InChI=1S/C23H34N6OS/c1-2-24-23(27-18-20(21-8-6-16-31-21)28-10-3-4-11-28)26-17-19-7-5-9-25-22(19)29-12-14-30-15-13-29/h5-9,16,20H,2-4,10-15,17-18H2,1H3,(H2,24,26,27). The van der Waals surface area contributed by atoms with Crippen LogP contribution in [-0.4, -0.2) is 68.3 Å². The van der Waals surface area contributed by atoms with Crippen LogP contribution < -0.4 is 15.5 Å². The molecule has 8 heteroatoms. The molecule has 31 heavy (non-hydrogen) atoms. The van der Waals surface area contributed by atoms with Gasteiger partial charge < -0.3 is 20.3 Å². The highest BCUT2D eigenvalue weighted by Crippen LogP contribution is 2.27. The minimum atomic E-state index is 0.397.